The van der Waals surface area contributed by atoms with Crippen LogP contribution >= 0.6 is 0 Å². The molecule has 0 bridgehead atoms. The standard InChI is InChI=1S/C22H34O4/c1-12(2)7-10-20(26-16(6)23)15(5)18-11-19(24)14(4)17-9-8-13(3)21(17)22(18)25/h7-8,15,17-22,24-25H,4,9-11H2,1-3,5-6H3/t15?,17-,18-,19+,20?,21+,22+/m0/s1. The summed E-state index contributed by atoms with van der Waals surface area (Å²) in [7, 11) is 0. The smallest absolute Gasteiger partial charge is 0.302 e. The molecule has 4 nitrogen and oxygen atoms in total. The Morgan fingerprint density at radius 2 is 2.04 bits per heavy atom. The first kappa shape index (κ1) is 20.9. The van der Waals surface area contributed by atoms with E-state index in [2.05, 4.69) is 18.7 Å². The predicted molar refractivity (Wildman–Crippen MR) is 103 cm³/mol. The number of ether oxygens (including phenoxy) is 1. The quantitative estimate of drug-likeness (QED) is 0.577. The molecule has 0 aliphatic heterocycles. The normalized spacial score (nSPS) is 33.6. The van der Waals surface area contributed by atoms with Crippen molar-refractivity contribution in [3.05, 3.63) is 35.5 Å². The first-order valence-corrected chi connectivity index (χ1v) is 9.65. The Labute approximate surface area is 157 Å². The van der Waals surface area contributed by atoms with Crippen LogP contribution in [0.4, 0.5) is 0 Å². The van der Waals surface area contributed by atoms with Crippen molar-refractivity contribution in [3.63, 3.8) is 0 Å². The van der Waals surface area contributed by atoms with Gasteiger partial charge in [0.2, 0.25) is 0 Å². The minimum atomic E-state index is -0.632. The third-order valence-electron chi connectivity index (χ3n) is 6.20. The van der Waals surface area contributed by atoms with Crippen LogP contribution in [0.1, 0.15) is 53.9 Å². The van der Waals surface area contributed by atoms with Crippen LogP contribution in [-0.2, 0) is 9.53 Å². The number of carbonyl (C=O) groups is 1. The Bertz CT molecular complexity index is 599. The average Bonchev–Trinajstić information content (AvgIpc) is 2.91. The summed E-state index contributed by atoms with van der Waals surface area (Å²) in [5.74, 6) is -0.449. The Hall–Kier alpha value is -1.39. The molecule has 2 aliphatic rings. The molecule has 26 heavy (non-hydrogen) atoms. The highest BCUT2D eigenvalue weighted by Gasteiger charge is 2.46. The molecule has 7 atom stereocenters. The number of esters is 1. The van der Waals surface area contributed by atoms with Gasteiger partial charge in [0, 0.05) is 19.3 Å². The van der Waals surface area contributed by atoms with Gasteiger partial charge in [0.1, 0.15) is 6.10 Å². The maximum absolute atomic E-state index is 11.6. The van der Waals surface area contributed by atoms with Crippen molar-refractivity contribution in [1.29, 1.82) is 0 Å². The molecule has 2 rings (SSSR count). The molecular weight excluding hydrogens is 328 g/mol. The van der Waals surface area contributed by atoms with E-state index in [1.165, 1.54) is 18.1 Å². The maximum Gasteiger partial charge on any atom is 0.302 e. The predicted octanol–water partition coefficient (Wildman–Crippen LogP) is 3.79. The molecule has 4 heteroatoms. The van der Waals surface area contributed by atoms with Crippen LogP contribution in [0, 0.1) is 23.7 Å². The van der Waals surface area contributed by atoms with Crippen molar-refractivity contribution in [2.45, 2.75) is 72.2 Å². The highest BCUT2D eigenvalue weighted by molar-refractivity contribution is 5.66. The summed E-state index contributed by atoms with van der Waals surface area (Å²) in [5, 5.41) is 21.9. The van der Waals surface area contributed by atoms with E-state index >= 15 is 0 Å². The van der Waals surface area contributed by atoms with Crippen LogP contribution in [0.3, 0.4) is 0 Å². The Morgan fingerprint density at radius 3 is 2.62 bits per heavy atom. The summed E-state index contributed by atoms with van der Waals surface area (Å²) in [6, 6.07) is 0. The fourth-order valence-corrected chi connectivity index (χ4v) is 4.60. The van der Waals surface area contributed by atoms with Crippen LogP contribution in [0.15, 0.2) is 35.5 Å². The zero-order valence-corrected chi connectivity index (χ0v) is 16.7. The van der Waals surface area contributed by atoms with Gasteiger partial charge in [-0.05, 0) is 56.9 Å². The highest BCUT2D eigenvalue weighted by Crippen LogP contribution is 2.47. The third-order valence-corrected chi connectivity index (χ3v) is 6.20. The van der Waals surface area contributed by atoms with E-state index in [1.807, 2.05) is 27.7 Å². The van der Waals surface area contributed by atoms with Gasteiger partial charge in [-0.1, -0.05) is 36.8 Å². The van der Waals surface area contributed by atoms with Crippen molar-refractivity contribution < 1.29 is 19.7 Å². The lowest BCUT2D eigenvalue weighted by Crippen LogP contribution is -2.40. The minimum Gasteiger partial charge on any atom is -0.462 e. The van der Waals surface area contributed by atoms with Crippen molar-refractivity contribution in [2.24, 2.45) is 23.7 Å². The molecule has 2 unspecified atom stereocenters. The van der Waals surface area contributed by atoms with Gasteiger partial charge < -0.3 is 14.9 Å². The lowest BCUT2D eigenvalue weighted by Gasteiger charge is -2.36. The third kappa shape index (κ3) is 4.47. The van der Waals surface area contributed by atoms with Crippen LogP contribution < -0.4 is 0 Å². The lowest BCUT2D eigenvalue weighted by atomic mass is 9.75. The summed E-state index contributed by atoms with van der Waals surface area (Å²) in [6.07, 6.45) is 4.59. The topological polar surface area (TPSA) is 66.8 Å². The molecule has 0 heterocycles. The molecule has 0 aromatic carbocycles. The largest absolute Gasteiger partial charge is 0.462 e. The lowest BCUT2D eigenvalue weighted by molar-refractivity contribution is -0.151. The SMILES string of the molecule is C=C1[C@H](O)C[C@@H](C(C)C(CC=C(C)C)OC(C)=O)[C@@H](O)[C@@H]2C(C)=CC[C@@H]12. The van der Waals surface area contributed by atoms with E-state index in [4.69, 9.17) is 4.74 Å². The maximum atomic E-state index is 11.6. The summed E-state index contributed by atoms with van der Waals surface area (Å²) in [4.78, 5) is 11.6. The molecule has 1 fully saturated rings. The fraction of sp³-hybridized carbons (Fsp3) is 0.682. The van der Waals surface area contributed by atoms with Crippen molar-refractivity contribution in [2.75, 3.05) is 0 Å². The average molecular weight is 363 g/mol. The summed E-state index contributed by atoms with van der Waals surface area (Å²) < 4.78 is 5.59. The number of aliphatic hydroxyl groups is 2. The first-order valence-electron chi connectivity index (χ1n) is 9.65. The minimum absolute atomic E-state index is 0.00599. The molecule has 0 saturated heterocycles. The van der Waals surface area contributed by atoms with Gasteiger partial charge in [-0.15, -0.1) is 0 Å². The Morgan fingerprint density at radius 1 is 1.38 bits per heavy atom. The molecule has 1 saturated carbocycles. The number of hydrogen-bond acceptors (Lipinski definition) is 4. The van der Waals surface area contributed by atoms with Gasteiger partial charge in [0.25, 0.3) is 0 Å². The number of aliphatic hydroxyl groups excluding tert-OH is 2. The molecule has 0 spiro atoms. The van der Waals surface area contributed by atoms with E-state index in [9.17, 15) is 15.0 Å². The van der Waals surface area contributed by atoms with Crippen molar-refractivity contribution in [1.82, 2.24) is 0 Å². The molecule has 2 N–H and O–H groups in total. The van der Waals surface area contributed by atoms with E-state index in [0.717, 1.165) is 12.0 Å². The van der Waals surface area contributed by atoms with E-state index in [-0.39, 0.29) is 35.7 Å². The Balaban J connectivity index is 2.29. The van der Waals surface area contributed by atoms with E-state index in [0.29, 0.717) is 12.8 Å². The van der Waals surface area contributed by atoms with Crippen LogP contribution in [0.25, 0.3) is 0 Å². The van der Waals surface area contributed by atoms with Crippen LogP contribution in [-0.4, -0.2) is 34.5 Å². The molecular formula is C22H34O4. The zero-order chi connectivity index (χ0) is 19.6. The summed E-state index contributed by atoms with van der Waals surface area (Å²) in [6.45, 7) is 13.6. The van der Waals surface area contributed by atoms with Crippen LogP contribution in [0.5, 0.6) is 0 Å². The fourth-order valence-electron chi connectivity index (χ4n) is 4.60. The van der Waals surface area contributed by atoms with E-state index < -0.39 is 12.2 Å². The molecule has 0 aromatic rings. The Kier molecular flexibility index (Phi) is 6.86. The van der Waals surface area contributed by atoms with E-state index in [1.54, 1.807) is 0 Å². The number of allylic oxidation sites excluding steroid dienone is 2. The number of carbonyl (C=O) groups excluding carboxylic acids is 1. The monoisotopic (exact) mass is 362 g/mol. The second kappa shape index (κ2) is 8.53. The summed E-state index contributed by atoms with van der Waals surface area (Å²) in [5.41, 5.74) is 3.16. The highest BCUT2D eigenvalue weighted by atomic mass is 16.5. The number of fused-ring (bicyclic) bond motifs is 1. The second-order valence-electron chi connectivity index (χ2n) is 8.32. The molecule has 2 aliphatic carbocycles. The summed E-state index contributed by atoms with van der Waals surface area (Å²) >= 11 is 0. The van der Waals surface area contributed by atoms with Gasteiger partial charge >= 0.3 is 5.97 Å². The van der Waals surface area contributed by atoms with Gasteiger partial charge in [-0.3, -0.25) is 4.79 Å². The van der Waals surface area contributed by atoms with Crippen molar-refractivity contribution in [3.8, 4) is 0 Å². The second-order valence-corrected chi connectivity index (χ2v) is 8.32. The number of rotatable bonds is 5. The molecule has 0 radical (unpaired) electrons. The number of hydrogen-bond donors (Lipinski definition) is 2. The first-order chi connectivity index (χ1) is 12.1. The molecule has 146 valence electrons. The van der Waals surface area contributed by atoms with Gasteiger partial charge in [-0.25, -0.2) is 0 Å². The zero-order valence-electron chi connectivity index (χ0n) is 16.7. The van der Waals surface area contributed by atoms with Crippen LogP contribution in [0.2, 0.25) is 0 Å². The van der Waals surface area contributed by atoms with Gasteiger partial charge in [0.05, 0.1) is 12.2 Å². The van der Waals surface area contributed by atoms with Gasteiger partial charge in [-0.2, -0.15) is 0 Å². The molecule has 0 aromatic heterocycles. The van der Waals surface area contributed by atoms with Crippen molar-refractivity contribution >= 4 is 5.97 Å². The molecule has 0 amide bonds. The van der Waals surface area contributed by atoms with Gasteiger partial charge in [0.15, 0.2) is 0 Å².